The summed E-state index contributed by atoms with van der Waals surface area (Å²) in [4.78, 5) is 11.9. The smallest absolute Gasteiger partial charge is 0.224 e. The Morgan fingerprint density at radius 3 is 2.36 bits per heavy atom. The molecule has 2 aromatic carbocycles. The van der Waals surface area contributed by atoms with Crippen LogP contribution in [0.2, 0.25) is 0 Å². The van der Waals surface area contributed by atoms with Crippen LogP contribution in [-0.4, -0.2) is 12.5 Å². The predicted octanol–water partition coefficient (Wildman–Crippen LogP) is 4.29. The Morgan fingerprint density at radius 1 is 1.05 bits per heavy atom. The Labute approximate surface area is 132 Å². The van der Waals surface area contributed by atoms with Gasteiger partial charge in [0, 0.05) is 12.1 Å². The Balaban J connectivity index is 1.79. The van der Waals surface area contributed by atoms with Crippen molar-refractivity contribution in [2.75, 3.05) is 11.9 Å². The van der Waals surface area contributed by atoms with E-state index in [0.717, 1.165) is 17.9 Å². The molecule has 0 fully saturated rings. The monoisotopic (exact) mass is 297 g/mol. The van der Waals surface area contributed by atoms with Crippen molar-refractivity contribution >= 4 is 11.6 Å². The molecule has 0 aliphatic heterocycles. The molecule has 1 amide bonds. The molecule has 116 valence electrons. The number of anilines is 1. The molecule has 0 heterocycles. The molecule has 0 radical (unpaired) electrons. The Bertz CT molecular complexity index is 576. The van der Waals surface area contributed by atoms with Crippen molar-refractivity contribution in [3.63, 3.8) is 0 Å². The number of ether oxygens (including phenoxy) is 1. The fourth-order valence-electron chi connectivity index (χ4n) is 2.02. The third-order valence-electron chi connectivity index (χ3n) is 3.20. The summed E-state index contributed by atoms with van der Waals surface area (Å²) in [5.41, 5.74) is 1.98. The summed E-state index contributed by atoms with van der Waals surface area (Å²) < 4.78 is 5.62. The first-order chi connectivity index (χ1) is 10.6. The first-order valence-electron chi connectivity index (χ1n) is 7.70. The van der Waals surface area contributed by atoms with Crippen molar-refractivity contribution in [3.05, 3.63) is 60.2 Å². The number of carbonyl (C=O) groups is 1. The summed E-state index contributed by atoms with van der Waals surface area (Å²) >= 11 is 0. The minimum absolute atomic E-state index is 0.0275. The molecule has 0 unspecified atom stereocenters. The van der Waals surface area contributed by atoms with Crippen LogP contribution in [0.5, 0.6) is 5.75 Å². The standard InChI is InChI=1S/C19H23NO2/c1-15(2)14-22-18-11-9-17(10-12-18)20-19(21)13-8-16-6-4-3-5-7-16/h3-7,9-12,15H,8,13-14H2,1-2H3,(H,20,21). The second kappa shape index (κ2) is 8.23. The SMILES string of the molecule is CC(C)COc1ccc(NC(=O)CCc2ccccc2)cc1. The van der Waals surface area contributed by atoms with Gasteiger partial charge in [-0.15, -0.1) is 0 Å². The number of aryl methyl sites for hydroxylation is 1. The zero-order valence-electron chi connectivity index (χ0n) is 13.2. The van der Waals surface area contributed by atoms with Gasteiger partial charge >= 0.3 is 0 Å². The number of amides is 1. The molecule has 0 atom stereocenters. The largest absolute Gasteiger partial charge is 0.493 e. The molecule has 0 spiro atoms. The van der Waals surface area contributed by atoms with Gasteiger partial charge in [0.2, 0.25) is 5.91 Å². The number of rotatable bonds is 7. The number of hydrogen-bond donors (Lipinski definition) is 1. The van der Waals surface area contributed by atoms with Crippen molar-refractivity contribution < 1.29 is 9.53 Å². The van der Waals surface area contributed by atoms with Gasteiger partial charge in [0.15, 0.2) is 0 Å². The summed E-state index contributed by atoms with van der Waals surface area (Å²) in [6.45, 7) is 4.92. The number of benzene rings is 2. The molecule has 2 aromatic rings. The molecule has 3 nitrogen and oxygen atoms in total. The zero-order chi connectivity index (χ0) is 15.8. The summed E-state index contributed by atoms with van der Waals surface area (Å²) in [6, 6.07) is 17.5. The fraction of sp³-hybridized carbons (Fsp3) is 0.316. The lowest BCUT2D eigenvalue weighted by Gasteiger charge is -2.10. The molecule has 0 aliphatic rings. The molecule has 0 aromatic heterocycles. The number of nitrogens with one attached hydrogen (secondary N) is 1. The summed E-state index contributed by atoms with van der Waals surface area (Å²) in [5.74, 6) is 1.35. The van der Waals surface area contributed by atoms with E-state index in [1.165, 1.54) is 5.56 Å². The Kier molecular flexibility index (Phi) is 6.01. The molecule has 22 heavy (non-hydrogen) atoms. The average molecular weight is 297 g/mol. The van der Waals surface area contributed by atoms with E-state index in [1.54, 1.807) is 0 Å². The highest BCUT2D eigenvalue weighted by Gasteiger charge is 2.04. The van der Waals surface area contributed by atoms with Crippen molar-refractivity contribution in [1.29, 1.82) is 0 Å². The van der Waals surface area contributed by atoms with E-state index in [-0.39, 0.29) is 5.91 Å². The van der Waals surface area contributed by atoms with Gasteiger partial charge < -0.3 is 10.1 Å². The van der Waals surface area contributed by atoms with Gasteiger partial charge in [0.05, 0.1) is 6.61 Å². The van der Waals surface area contributed by atoms with E-state index in [0.29, 0.717) is 18.9 Å². The quantitative estimate of drug-likeness (QED) is 0.827. The van der Waals surface area contributed by atoms with Gasteiger partial charge in [0.25, 0.3) is 0 Å². The average Bonchev–Trinajstić information content (AvgIpc) is 2.53. The minimum atomic E-state index is 0.0275. The molecule has 2 rings (SSSR count). The maximum Gasteiger partial charge on any atom is 0.224 e. The third-order valence-corrected chi connectivity index (χ3v) is 3.20. The lowest BCUT2D eigenvalue weighted by Crippen LogP contribution is -2.12. The molecule has 3 heteroatoms. The third kappa shape index (κ3) is 5.60. The lowest BCUT2D eigenvalue weighted by molar-refractivity contribution is -0.116. The second-order valence-electron chi connectivity index (χ2n) is 5.76. The Hall–Kier alpha value is -2.29. The van der Waals surface area contributed by atoms with Crippen molar-refractivity contribution in [3.8, 4) is 5.75 Å². The van der Waals surface area contributed by atoms with E-state index in [9.17, 15) is 4.79 Å². The van der Waals surface area contributed by atoms with Crippen LogP contribution in [0.15, 0.2) is 54.6 Å². The topological polar surface area (TPSA) is 38.3 Å². The molecule has 0 saturated heterocycles. The minimum Gasteiger partial charge on any atom is -0.493 e. The number of carbonyl (C=O) groups excluding carboxylic acids is 1. The van der Waals surface area contributed by atoms with Crippen LogP contribution in [0, 0.1) is 5.92 Å². The highest BCUT2D eigenvalue weighted by Crippen LogP contribution is 2.16. The highest BCUT2D eigenvalue weighted by molar-refractivity contribution is 5.90. The van der Waals surface area contributed by atoms with Gasteiger partial charge in [-0.25, -0.2) is 0 Å². The Morgan fingerprint density at radius 2 is 1.73 bits per heavy atom. The summed E-state index contributed by atoms with van der Waals surface area (Å²) in [6.07, 6.45) is 1.23. The van der Waals surface area contributed by atoms with Gasteiger partial charge in [-0.05, 0) is 42.2 Å². The zero-order valence-corrected chi connectivity index (χ0v) is 13.2. The van der Waals surface area contributed by atoms with Gasteiger partial charge in [-0.1, -0.05) is 44.2 Å². The van der Waals surface area contributed by atoms with Crippen molar-refractivity contribution in [2.24, 2.45) is 5.92 Å². The van der Waals surface area contributed by atoms with Crippen LogP contribution >= 0.6 is 0 Å². The first-order valence-corrected chi connectivity index (χ1v) is 7.70. The van der Waals surface area contributed by atoms with Crippen LogP contribution < -0.4 is 10.1 Å². The normalized spacial score (nSPS) is 10.5. The molecule has 0 aliphatic carbocycles. The van der Waals surface area contributed by atoms with Gasteiger partial charge in [-0.3, -0.25) is 4.79 Å². The molecular weight excluding hydrogens is 274 g/mol. The van der Waals surface area contributed by atoms with Crippen LogP contribution in [-0.2, 0) is 11.2 Å². The summed E-state index contributed by atoms with van der Waals surface area (Å²) in [7, 11) is 0. The van der Waals surface area contributed by atoms with Crippen LogP contribution in [0.4, 0.5) is 5.69 Å². The van der Waals surface area contributed by atoms with Gasteiger partial charge in [-0.2, -0.15) is 0 Å². The van der Waals surface area contributed by atoms with E-state index in [1.807, 2.05) is 54.6 Å². The molecule has 0 bridgehead atoms. The van der Waals surface area contributed by atoms with Gasteiger partial charge in [0.1, 0.15) is 5.75 Å². The van der Waals surface area contributed by atoms with E-state index in [2.05, 4.69) is 19.2 Å². The van der Waals surface area contributed by atoms with Crippen molar-refractivity contribution in [1.82, 2.24) is 0 Å². The van der Waals surface area contributed by atoms with E-state index >= 15 is 0 Å². The van der Waals surface area contributed by atoms with Crippen LogP contribution in [0.3, 0.4) is 0 Å². The van der Waals surface area contributed by atoms with E-state index in [4.69, 9.17) is 4.74 Å². The second-order valence-corrected chi connectivity index (χ2v) is 5.76. The fourth-order valence-corrected chi connectivity index (χ4v) is 2.02. The van der Waals surface area contributed by atoms with Crippen LogP contribution in [0.1, 0.15) is 25.8 Å². The van der Waals surface area contributed by atoms with Crippen molar-refractivity contribution in [2.45, 2.75) is 26.7 Å². The maximum absolute atomic E-state index is 11.9. The molecular formula is C19H23NO2. The highest BCUT2D eigenvalue weighted by atomic mass is 16.5. The van der Waals surface area contributed by atoms with Crippen LogP contribution in [0.25, 0.3) is 0 Å². The predicted molar refractivity (Wildman–Crippen MR) is 90.2 cm³/mol. The van der Waals surface area contributed by atoms with E-state index < -0.39 is 0 Å². The summed E-state index contributed by atoms with van der Waals surface area (Å²) in [5, 5.41) is 2.91. The first kappa shape index (κ1) is 16.1. The maximum atomic E-state index is 11.9. The number of hydrogen-bond acceptors (Lipinski definition) is 2. The lowest BCUT2D eigenvalue weighted by atomic mass is 10.1. The molecule has 0 saturated carbocycles. The molecule has 1 N–H and O–H groups in total.